The molecule has 0 spiro atoms. The first-order valence-electron chi connectivity index (χ1n) is 11.2. The van der Waals surface area contributed by atoms with E-state index < -0.39 is 17.8 Å². The summed E-state index contributed by atoms with van der Waals surface area (Å²) in [6.45, 7) is 2.41. The zero-order chi connectivity index (χ0) is 26.5. The average molecular weight is 586 g/mol. The lowest BCUT2D eigenvalue weighted by molar-refractivity contribution is -0.122. The topological polar surface area (TPSA) is 94.2 Å². The van der Waals surface area contributed by atoms with Crippen LogP contribution in [0.15, 0.2) is 70.7 Å². The van der Waals surface area contributed by atoms with Gasteiger partial charge in [-0.1, -0.05) is 39.7 Å². The predicted molar refractivity (Wildman–Crippen MR) is 143 cm³/mol. The summed E-state index contributed by atoms with van der Waals surface area (Å²) in [4.78, 5) is 39.1. The van der Waals surface area contributed by atoms with Crippen molar-refractivity contribution in [1.82, 2.24) is 5.32 Å². The van der Waals surface area contributed by atoms with Crippen molar-refractivity contribution in [3.8, 4) is 17.2 Å². The van der Waals surface area contributed by atoms with Gasteiger partial charge in [-0.05, 0) is 72.7 Å². The first kappa shape index (κ1) is 26.2. The minimum Gasteiger partial charge on any atom is -0.497 e. The molecular formula is C27H22BrClN2O6. The Morgan fingerprint density at radius 2 is 1.70 bits per heavy atom. The van der Waals surface area contributed by atoms with Crippen molar-refractivity contribution in [1.29, 1.82) is 0 Å². The average Bonchev–Trinajstić information content (AvgIpc) is 2.87. The van der Waals surface area contributed by atoms with E-state index in [9.17, 15) is 14.4 Å². The van der Waals surface area contributed by atoms with Gasteiger partial charge in [0, 0.05) is 4.47 Å². The number of methoxy groups -OCH3 is 1. The molecule has 37 heavy (non-hydrogen) atoms. The van der Waals surface area contributed by atoms with Crippen LogP contribution in [0.25, 0.3) is 6.08 Å². The summed E-state index contributed by atoms with van der Waals surface area (Å²) >= 11 is 9.93. The van der Waals surface area contributed by atoms with Crippen molar-refractivity contribution < 1.29 is 28.6 Å². The number of hydrogen-bond donors (Lipinski definition) is 1. The summed E-state index contributed by atoms with van der Waals surface area (Å²) in [6.07, 6.45) is 1.35. The van der Waals surface area contributed by atoms with Gasteiger partial charge in [-0.15, -0.1) is 0 Å². The number of halogens is 2. The second-order valence-corrected chi connectivity index (χ2v) is 9.16. The van der Waals surface area contributed by atoms with E-state index in [1.807, 2.05) is 31.2 Å². The van der Waals surface area contributed by atoms with Crippen molar-refractivity contribution in [3.05, 3.63) is 86.9 Å². The molecule has 0 saturated carbocycles. The van der Waals surface area contributed by atoms with Crippen molar-refractivity contribution in [2.75, 3.05) is 18.6 Å². The third kappa shape index (κ3) is 5.95. The fraction of sp³-hybridized carbons (Fsp3) is 0.148. The van der Waals surface area contributed by atoms with Gasteiger partial charge in [0.15, 0.2) is 11.5 Å². The Morgan fingerprint density at radius 3 is 2.35 bits per heavy atom. The largest absolute Gasteiger partial charge is 0.497 e. The minimum absolute atomic E-state index is 0.238. The summed E-state index contributed by atoms with van der Waals surface area (Å²) in [5.74, 6) is -0.345. The van der Waals surface area contributed by atoms with Gasteiger partial charge in [0.05, 0.1) is 24.4 Å². The highest BCUT2D eigenvalue weighted by molar-refractivity contribution is 9.10. The lowest BCUT2D eigenvalue weighted by Gasteiger charge is -2.26. The van der Waals surface area contributed by atoms with Gasteiger partial charge in [0.25, 0.3) is 11.8 Å². The summed E-state index contributed by atoms with van der Waals surface area (Å²) < 4.78 is 17.7. The first-order valence-corrected chi connectivity index (χ1v) is 12.4. The number of hydrogen-bond acceptors (Lipinski definition) is 6. The van der Waals surface area contributed by atoms with Crippen LogP contribution in [0.2, 0.25) is 5.02 Å². The van der Waals surface area contributed by atoms with Gasteiger partial charge in [0.1, 0.15) is 17.9 Å². The Balaban J connectivity index is 1.64. The lowest BCUT2D eigenvalue weighted by Crippen LogP contribution is -2.54. The molecule has 1 heterocycles. The maximum absolute atomic E-state index is 13.2. The molecule has 0 aromatic heterocycles. The number of benzene rings is 3. The van der Waals surface area contributed by atoms with Crippen molar-refractivity contribution in [3.63, 3.8) is 0 Å². The van der Waals surface area contributed by atoms with Gasteiger partial charge < -0.3 is 14.2 Å². The highest BCUT2D eigenvalue weighted by Gasteiger charge is 2.37. The fourth-order valence-corrected chi connectivity index (χ4v) is 4.14. The van der Waals surface area contributed by atoms with Gasteiger partial charge in [-0.2, -0.15) is 0 Å². The van der Waals surface area contributed by atoms with Crippen LogP contribution >= 0.6 is 27.5 Å². The SMILES string of the molecule is CCOc1cc(/C=C2\C(=O)NC(=O)N(c3ccc(OC)cc3)C2=O)cc(Cl)c1OCc1ccc(Br)cc1. The molecule has 0 atom stereocenters. The number of carbonyl (C=O) groups is 3. The number of rotatable bonds is 8. The van der Waals surface area contributed by atoms with Crippen molar-refractivity contribution in [2.24, 2.45) is 0 Å². The smallest absolute Gasteiger partial charge is 0.335 e. The Morgan fingerprint density at radius 1 is 1.00 bits per heavy atom. The van der Waals surface area contributed by atoms with E-state index in [1.54, 1.807) is 36.4 Å². The van der Waals surface area contributed by atoms with Crippen LogP contribution < -0.4 is 24.4 Å². The molecule has 1 fully saturated rings. The van der Waals surface area contributed by atoms with Gasteiger partial charge in [0.2, 0.25) is 0 Å². The molecule has 1 aliphatic rings. The van der Waals surface area contributed by atoms with E-state index in [0.29, 0.717) is 29.4 Å². The van der Waals surface area contributed by atoms with Gasteiger partial charge in [-0.3, -0.25) is 14.9 Å². The molecule has 0 unspecified atom stereocenters. The highest BCUT2D eigenvalue weighted by atomic mass is 79.9. The molecule has 0 bridgehead atoms. The molecule has 8 nitrogen and oxygen atoms in total. The van der Waals surface area contributed by atoms with Crippen LogP contribution in [0, 0.1) is 0 Å². The summed E-state index contributed by atoms with van der Waals surface area (Å²) in [5.41, 5.74) is 1.40. The molecule has 4 amide bonds. The highest BCUT2D eigenvalue weighted by Crippen LogP contribution is 2.38. The standard InChI is InChI=1S/C27H22BrClN2O6/c1-3-36-23-14-17(13-22(29)24(23)37-15-16-4-6-18(28)7-5-16)12-21-25(32)30-27(34)31(26(21)33)19-8-10-20(35-2)11-9-19/h4-14H,3,15H2,1-2H3,(H,30,32,34)/b21-12+. The molecule has 4 rings (SSSR count). The van der Waals surface area contributed by atoms with E-state index in [2.05, 4.69) is 21.2 Å². The number of urea groups is 1. The van der Waals surface area contributed by atoms with E-state index in [0.717, 1.165) is 14.9 Å². The Bertz CT molecular complexity index is 1370. The summed E-state index contributed by atoms with van der Waals surface area (Å²) in [6, 6.07) is 16.3. The van der Waals surface area contributed by atoms with E-state index in [4.69, 9.17) is 25.8 Å². The quantitative estimate of drug-likeness (QED) is 0.267. The second-order valence-electron chi connectivity index (χ2n) is 7.83. The monoisotopic (exact) mass is 584 g/mol. The second kappa shape index (κ2) is 11.5. The lowest BCUT2D eigenvalue weighted by atomic mass is 10.1. The van der Waals surface area contributed by atoms with Crippen LogP contribution in [0.4, 0.5) is 10.5 Å². The Labute approximate surface area is 226 Å². The summed E-state index contributed by atoms with van der Waals surface area (Å²) in [5, 5.41) is 2.44. The molecule has 10 heteroatoms. The zero-order valence-electron chi connectivity index (χ0n) is 19.9. The van der Waals surface area contributed by atoms with Gasteiger partial charge in [-0.25, -0.2) is 9.69 Å². The molecule has 3 aromatic rings. The normalized spacial score (nSPS) is 14.5. The molecular weight excluding hydrogens is 564 g/mol. The van der Waals surface area contributed by atoms with Crippen molar-refractivity contribution in [2.45, 2.75) is 13.5 Å². The fourth-order valence-electron chi connectivity index (χ4n) is 3.60. The molecule has 0 radical (unpaired) electrons. The van der Waals surface area contributed by atoms with Gasteiger partial charge >= 0.3 is 6.03 Å². The third-order valence-corrected chi connectivity index (χ3v) is 6.18. The maximum atomic E-state index is 13.2. The Kier molecular flexibility index (Phi) is 8.15. The van der Waals surface area contributed by atoms with Crippen LogP contribution in [0.3, 0.4) is 0 Å². The number of anilines is 1. The number of ether oxygens (including phenoxy) is 3. The van der Waals surface area contributed by atoms with E-state index >= 15 is 0 Å². The van der Waals surface area contributed by atoms with Crippen LogP contribution in [-0.4, -0.2) is 31.6 Å². The minimum atomic E-state index is -0.845. The van der Waals surface area contributed by atoms with Crippen LogP contribution in [0.1, 0.15) is 18.1 Å². The maximum Gasteiger partial charge on any atom is 0.335 e. The van der Waals surface area contributed by atoms with Crippen LogP contribution in [-0.2, 0) is 16.2 Å². The molecule has 190 valence electrons. The predicted octanol–water partition coefficient (Wildman–Crippen LogP) is 5.76. The Hall–Kier alpha value is -3.82. The third-order valence-electron chi connectivity index (χ3n) is 5.37. The number of carbonyl (C=O) groups excluding carboxylic acids is 3. The molecule has 1 N–H and O–H groups in total. The number of amides is 4. The van der Waals surface area contributed by atoms with E-state index in [-0.39, 0.29) is 22.9 Å². The first-order chi connectivity index (χ1) is 17.8. The molecule has 3 aromatic carbocycles. The van der Waals surface area contributed by atoms with E-state index in [1.165, 1.54) is 13.2 Å². The number of nitrogens with one attached hydrogen (secondary N) is 1. The number of nitrogens with zero attached hydrogens (tertiary/aromatic N) is 1. The summed E-state index contributed by atoms with van der Waals surface area (Å²) in [7, 11) is 1.51. The van der Waals surface area contributed by atoms with Crippen LogP contribution in [0.5, 0.6) is 17.2 Å². The molecule has 1 saturated heterocycles. The zero-order valence-corrected chi connectivity index (χ0v) is 22.3. The van der Waals surface area contributed by atoms with Crippen molar-refractivity contribution >= 4 is 57.1 Å². The molecule has 1 aliphatic heterocycles. The molecule has 0 aliphatic carbocycles. The number of imide groups is 2. The number of barbiturate groups is 1.